The summed E-state index contributed by atoms with van der Waals surface area (Å²) in [6.45, 7) is 9.69. The molecule has 60 heavy (non-hydrogen) atoms. The normalized spacial score (nSPS) is 19.1. The zero-order valence-electron chi connectivity index (χ0n) is 35.7. The maximum absolute atomic E-state index is 2.48. The lowest BCUT2D eigenvalue weighted by atomic mass is 9.63. The first kappa shape index (κ1) is 38.3. The fourth-order valence-corrected chi connectivity index (χ4v) is 11.7. The van der Waals surface area contributed by atoms with Gasteiger partial charge in [0.2, 0.25) is 0 Å². The van der Waals surface area contributed by atoms with Crippen LogP contribution in [-0.4, -0.2) is 0 Å². The summed E-state index contributed by atoms with van der Waals surface area (Å²) in [5.41, 5.74) is 14.1. The number of rotatable bonds is 9. The Labute approximate surface area is 357 Å². The van der Waals surface area contributed by atoms with Gasteiger partial charge in [0.25, 0.3) is 0 Å². The summed E-state index contributed by atoms with van der Waals surface area (Å²) in [7, 11) is 0. The highest BCUT2D eigenvalue weighted by Crippen LogP contribution is 2.47. The van der Waals surface area contributed by atoms with Crippen LogP contribution in [0.3, 0.4) is 0 Å². The monoisotopic (exact) mass is 779 g/mol. The molecule has 2 bridgehead atoms. The first-order chi connectivity index (χ1) is 29.3. The number of hydrogen-bond acceptors (Lipinski definition) is 1. The average molecular weight is 780 g/mol. The second-order valence-corrected chi connectivity index (χ2v) is 18.9. The Hall–Kier alpha value is -5.92. The maximum Gasteiger partial charge on any atom is 0.0540 e. The highest BCUT2D eigenvalue weighted by Gasteiger charge is 2.36. The molecule has 0 N–H and O–H groups in total. The predicted molar refractivity (Wildman–Crippen MR) is 257 cm³/mol. The molecule has 0 heterocycles. The van der Waals surface area contributed by atoms with Crippen LogP contribution in [-0.2, 0) is 11.8 Å². The number of anilines is 3. The molecule has 2 aliphatic rings. The van der Waals surface area contributed by atoms with E-state index in [9.17, 15) is 0 Å². The van der Waals surface area contributed by atoms with E-state index in [0.717, 1.165) is 35.0 Å². The summed E-state index contributed by atoms with van der Waals surface area (Å²) in [5.74, 6) is 3.60. The van der Waals surface area contributed by atoms with Crippen molar-refractivity contribution < 1.29 is 0 Å². The van der Waals surface area contributed by atoms with Gasteiger partial charge in [0.05, 0.1) is 5.69 Å². The van der Waals surface area contributed by atoms with E-state index in [1.54, 1.807) is 5.56 Å². The molecule has 8 aromatic rings. The fraction of sp³-hybridized carbons (Fsp3) is 0.254. The van der Waals surface area contributed by atoms with Gasteiger partial charge in [-0.2, -0.15) is 0 Å². The van der Waals surface area contributed by atoms with E-state index >= 15 is 0 Å². The minimum Gasteiger partial charge on any atom is -0.310 e. The van der Waals surface area contributed by atoms with Gasteiger partial charge in [-0.25, -0.2) is 0 Å². The van der Waals surface area contributed by atoms with Crippen molar-refractivity contribution in [2.24, 2.45) is 23.7 Å². The van der Waals surface area contributed by atoms with Crippen LogP contribution in [0, 0.1) is 30.6 Å². The molecule has 2 unspecified atom stereocenters. The Bertz CT molecular complexity index is 2780. The number of nitrogens with zero attached hydrogens (tertiary/aromatic N) is 1. The van der Waals surface area contributed by atoms with Gasteiger partial charge >= 0.3 is 0 Å². The third kappa shape index (κ3) is 7.34. The Kier molecular flexibility index (Phi) is 10.2. The molecule has 10 rings (SSSR count). The van der Waals surface area contributed by atoms with Crippen LogP contribution in [0.4, 0.5) is 17.1 Å². The Morgan fingerprint density at radius 2 is 1.12 bits per heavy atom. The molecule has 298 valence electrons. The predicted octanol–water partition coefficient (Wildman–Crippen LogP) is 16.4. The molecule has 0 amide bonds. The number of benzene rings is 8. The largest absolute Gasteiger partial charge is 0.310 e. The van der Waals surface area contributed by atoms with Crippen molar-refractivity contribution in [3.63, 3.8) is 0 Å². The molecular weight excluding hydrogens is 723 g/mol. The zero-order chi connectivity index (χ0) is 40.8. The molecule has 0 radical (unpaired) electrons. The van der Waals surface area contributed by atoms with Gasteiger partial charge in [-0.15, -0.1) is 0 Å². The Balaban J connectivity index is 0.982. The van der Waals surface area contributed by atoms with E-state index in [-0.39, 0.29) is 5.41 Å². The standard InChI is InChI=1S/C59H57N/c1-40-32-42-35-43(33-40)37-44(36-42)38-50-16-7-10-24-57(50)59(3,4)56-31-28-49(34-41(56)2)48-19-11-20-52(39-48)60(58-25-13-18-46-15-6-9-22-55(46)58)51-29-26-47(27-30-51)54-23-12-17-45-14-5-8-21-53(45)54/h5-31,34,39-40,42-44H,32-33,35-38H2,1-4H3/t40?,42-,43+,44?. The zero-order valence-corrected chi connectivity index (χ0v) is 35.7. The van der Waals surface area contributed by atoms with Crippen LogP contribution in [0.15, 0.2) is 176 Å². The lowest BCUT2D eigenvalue weighted by Gasteiger charge is -2.42. The number of fused-ring (bicyclic) bond motifs is 4. The minimum absolute atomic E-state index is 0.108. The highest BCUT2D eigenvalue weighted by molar-refractivity contribution is 6.00. The van der Waals surface area contributed by atoms with Crippen molar-refractivity contribution >= 4 is 38.6 Å². The third-order valence-electron chi connectivity index (χ3n) is 14.2. The molecule has 2 fully saturated rings. The van der Waals surface area contributed by atoms with Crippen LogP contribution in [0.2, 0.25) is 0 Å². The summed E-state index contributed by atoms with van der Waals surface area (Å²) < 4.78 is 0. The number of hydrogen-bond donors (Lipinski definition) is 0. The smallest absolute Gasteiger partial charge is 0.0540 e. The minimum atomic E-state index is -0.108. The number of aryl methyl sites for hydroxylation is 1. The highest BCUT2D eigenvalue weighted by atomic mass is 15.1. The van der Waals surface area contributed by atoms with Crippen LogP contribution in [0.1, 0.15) is 75.1 Å². The van der Waals surface area contributed by atoms with Gasteiger partial charge in [-0.3, -0.25) is 0 Å². The summed E-state index contributed by atoms with van der Waals surface area (Å²) >= 11 is 0. The topological polar surface area (TPSA) is 3.24 Å². The summed E-state index contributed by atoms with van der Waals surface area (Å²) in [6.07, 6.45) is 8.39. The van der Waals surface area contributed by atoms with Gasteiger partial charge in [0, 0.05) is 22.2 Å². The van der Waals surface area contributed by atoms with Gasteiger partial charge < -0.3 is 4.90 Å². The SMILES string of the molecule is Cc1cc(-c2cccc(N(c3ccc(-c4cccc5ccccc45)cc3)c3cccc4ccccc34)c2)ccc1C(C)(C)c1ccccc1CC1C[C@H]2CC(C)C[C@@H](C1)C2. The van der Waals surface area contributed by atoms with E-state index in [0.29, 0.717) is 0 Å². The second-order valence-electron chi connectivity index (χ2n) is 18.9. The fourth-order valence-electron chi connectivity index (χ4n) is 11.7. The molecule has 0 aromatic heterocycles. The second kappa shape index (κ2) is 15.9. The lowest BCUT2D eigenvalue weighted by Crippen LogP contribution is -2.31. The lowest BCUT2D eigenvalue weighted by molar-refractivity contribution is 0.104. The third-order valence-corrected chi connectivity index (χ3v) is 14.2. The molecule has 8 aromatic carbocycles. The average Bonchev–Trinajstić information content (AvgIpc) is 3.26. The molecule has 1 heteroatoms. The van der Waals surface area contributed by atoms with Crippen LogP contribution in [0.5, 0.6) is 0 Å². The molecular formula is C59H57N. The van der Waals surface area contributed by atoms with E-state index in [2.05, 4.69) is 209 Å². The van der Waals surface area contributed by atoms with Crippen molar-refractivity contribution in [3.8, 4) is 22.3 Å². The van der Waals surface area contributed by atoms with E-state index in [4.69, 9.17) is 0 Å². The van der Waals surface area contributed by atoms with Crippen molar-refractivity contribution in [1.29, 1.82) is 0 Å². The molecule has 2 saturated carbocycles. The summed E-state index contributed by atoms with van der Waals surface area (Å²) in [6, 6.07) is 65.4. The molecule has 4 atom stereocenters. The van der Waals surface area contributed by atoms with Crippen LogP contribution in [0.25, 0.3) is 43.8 Å². The summed E-state index contributed by atoms with van der Waals surface area (Å²) in [4.78, 5) is 2.43. The van der Waals surface area contributed by atoms with E-state index < -0.39 is 0 Å². The van der Waals surface area contributed by atoms with E-state index in [1.807, 2.05) is 0 Å². The van der Waals surface area contributed by atoms with Crippen LogP contribution < -0.4 is 4.90 Å². The molecule has 0 spiro atoms. The molecule has 0 aliphatic heterocycles. The van der Waals surface area contributed by atoms with Crippen molar-refractivity contribution in [1.82, 2.24) is 0 Å². The van der Waals surface area contributed by atoms with Gasteiger partial charge in [-0.1, -0.05) is 166 Å². The van der Waals surface area contributed by atoms with Crippen molar-refractivity contribution in [2.75, 3.05) is 4.90 Å². The Morgan fingerprint density at radius 3 is 1.88 bits per heavy atom. The van der Waals surface area contributed by atoms with Gasteiger partial charge in [0.15, 0.2) is 0 Å². The van der Waals surface area contributed by atoms with Crippen molar-refractivity contribution in [2.45, 2.75) is 71.6 Å². The maximum atomic E-state index is 2.48. The quantitative estimate of drug-likeness (QED) is 0.141. The molecule has 2 aliphatic carbocycles. The first-order valence-electron chi connectivity index (χ1n) is 22.4. The van der Waals surface area contributed by atoms with E-state index in [1.165, 1.54) is 105 Å². The Morgan fingerprint density at radius 1 is 0.500 bits per heavy atom. The van der Waals surface area contributed by atoms with Crippen molar-refractivity contribution in [3.05, 3.63) is 198 Å². The van der Waals surface area contributed by atoms with Gasteiger partial charge in [0.1, 0.15) is 0 Å². The van der Waals surface area contributed by atoms with Gasteiger partial charge in [-0.05, 0) is 160 Å². The van der Waals surface area contributed by atoms with Crippen LogP contribution >= 0.6 is 0 Å². The summed E-state index contributed by atoms with van der Waals surface area (Å²) in [5, 5.41) is 4.99. The first-order valence-corrected chi connectivity index (χ1v) is 22.4. The molecule has 1 nitrogen and oxygen atoms in total. The molecule has 0 saturated heterocycles.